The Morgan fingerprint density at radius 3 is 2.86 bits per heavy atom. The Kier molecular flexibility index (Phi) is 5.58. The van der Waals surface area contributed by atoms with E-state index in [4.69, 9.17) is 11.6 Å². The van der Waals surface area contributed by atoms with E-state index in [9.17, 15) is 4.79 Å². The number of halogens is 1. The van der Waals surface area contributed by atoms with Crippen molar-refractivity contribution in [3.63, 3.8) is 0 Å². The summed E-state index contributed by atoms with van der Waals surface area (Å²) in [6.45, 7) is 2.83. The van der Waals surface area contributed by atoms with E-state index in [-0.39, 0.29) is 5.91 Å². The number of anilines is 1. The maximum absolute atomic E-state index is 12.4. The summed E-state index contributed by atoms with van der Waals surface area (Å²) in [6.07, 6.45) is 3.91. The second-order valence-electron chi connectivity index (χ2n) is 6.87. The molecule has 3 aromatic rings. The Labute approximate surface area is 169 Å². The number of hydrogen-bond donors (Lipinski definition) is 1. The predicted octanol–water partition coefficient (Wildman–Crippen LogP) is 3.16. The molecule has 0 fully saturated rings. The lowest BCUT2D eigenvalue weighted by Crippen LogP contribution is -2.37. The summed E-state index contributed by atoms with van der Waals surface area (Å²) < 4.78 is 1.62. The molecule has 1 aromatic heterocycles. The van der Waals surface area contributed by atoms with Gasteiger partial charge in [0, 0.05) is 30.3 Å². The number of fused-ring (bicyclic) bond motifs is 1. The van der Waals surface area contributed by atoms with Crippen molar-refractivity contribution in [3.8, 4) is 0 Å². The number of nitrogens with one attached hydrogen (secondary N) is 1. The third-order valence-corrected chi connectivity index (χ3v) is 5.30. The molecule has 0 unspecified atom stereocenters. The summed E-state index contributed by atoms with van der Waals surface area (Å²) in [5.41, 5.74) is 3.90. The van der Waals surface area contributed by atoms with Gasteiger partial charge in [-0.1, -0.05) is 53.2 Å². The minimum Gasteiger partial charge on any atom is -0.370 e. The van der Waals surface area contributed by atoms with Gasteiger partial charge in [-0.25, -0.2) is 4.68 Å². The van der Waals surface area contributed by atoms with Gasteiger partial charge in [0.1, 0.15) is 0 Å². The molecular weight excluding hydrogens is 374 g/mol. The lowest BCUT2D eigenvalue weighted by atomic mass is 10.0. The Morgan fingerprint density at radius 2 is 1.96 bits per heavy atom. The van der Waals surface area contributed by atoms with Crippen LogP contribution in [0.4, 0.5) is 5.69 Å². The van der Waals surface area contributed by atoms with Crippen molar-refractivity contribution >= 4 is 23.2 Å². The second-order valence-corrected chi connectivity index (χ2v) is 7.28. The summed E-state index contributed by atoms with van der Waals surface area (Å²) in [5, 5.41) is 11.6. The zero-order valence-corrected chi connectivity index (χ0v) is 16.3. The van der Waals surface area contributed by atoms with E-state index in [1.165, 1.54) is 11.3 Å². The quantitative estimate of drug-likeness (QED) is 0.696. The van der Waals surface area contributed by atoms with Gasteiger partial charge in [0.15, 0.2) is 5.69 Å². The molecule has 28 heavy (non-hydrogen) atoms. The number of aryl methyl sites for hydroxylation is 1. The van der Waals surface area contributed by atoms with Gasteiger partial charge in [-0.15, -0.1) is 5.10 Å². The maximum atomic E-state index is 12.4. The average molecular weight is 396 g/mol. The van der Waals surface area contributed by atoms with Crippen LogP contribution in [0.25, 0.3) is 0 Å². The smallest absolute Gasteiger partial charge is 0.273 e. The summed E-state index contributed by atoms with van der Waals surface area (Å²) in [4.78, 5) is 14.7. The molecule has 144 valence electrons. The molecule has 7 heteroatoms. The van der Waals surface area contributed by atoms with Crippen LogP contribution in [-0.4, -0.2) is 40.5 Å². The van der Waals surface area contributed by atoms with Crippen LogP contribution in [0.3, 0.4) is 0 Å². The predicted molar refractivity (Wildman–Crippen MR) is 110 cm³/mol. The highest BCUT2D eigenvalue weighted by Gasteiger charge is 2.17. The summed E-state index contributed by atoms with van der Waals surface area (Å²) in [6, 6.07) is 16.0. The van der Waals surface area contributed by atoms with Gasteiger partial charge in [0.2, 0.25) is 0 Å². The molecule has 1 N–H and O–H groups in total. The fraction of sp³-hybridized carbons (Fsp3) is 0.286. The van der Waals surface area contributed by atoms with Gasteiger partial charge in [0.25, 0.3) is 5.91 Å². The molecule has 2 aromatic carbocycles. The van der Waals surface area contributed by atoms with Crippen molar-refractivity contribution in [3.05, 3.63) is 76.6 Å². The lowest BCUT2D eigenvalue weighted by Gasteiger charge is -2.31. The van der Waals surface area contributed by atoms with Crippen molar-refractivity contribution < 1.29 is 4.79 Å². The van der Waals surface area contributed by atoms with Gasteiger partial charge in [-0.2, -0.15) is 0 Å². The third-order valence-electron chi connectivity index (χ3n) is 4.94. The monoisotopic (exact) mass is 395 g/mol. The van der Waals surface area contributed by atoms with Gasteiger partial charge < -0.3 is 10.2 Å². The molecule has 2 heterocycles. The Balaban J connectivity index is 1.32. The zero-order chi connectivity index (χ0) is 19.3. The van der Waals surface area contributed by atoms with Crippen molar-refractivity contribution in [2.45, 2.75) is 19.4 Å². The SMILES string of the molecule is O=C(NCCN1CCCc2ccccc21)c1cn(Cc2ccccc2Cl)nn1. The fourth-order valence-corrected chi connectivity index (χ4v) is 3.72. The van der Waals surface area contributed by atoms with Gasteiger partial charge in [0.05, 0.1) is 12.7 Å². The van der Waals surface area contributed by atoms with E-state index >= 15 is 0 Å². The minimum atomic E-state index is -0.212. The molecule has 6 nitrogen and oxygen atoms in total. The molecule has 0 radical (unpaired) electrons. The summed E-state index contributed by atoms with van der Waals surface area (Å²) in [5.74, 6) is -0.212. The lowest BCUT2D eigenvalue weighted by molar-refractivity contribution is 0.0949. The highest BCUT2D eigenvalue weighted by atomic mass is 35.5. The topological polar surface area (TPSA) is 63.1 Å². The fourth-order valence-electron chi connectivity index (χ4n) is 3.52. The first-order valence-electron chi connectivity index (χ1n) is 9.45. The number of rotatable bonds is 6. The van der Waals surface area contributed by atoms with Crippen molar-refractivity contribution in [2.24, 2.45) is 0 Å². The van der Waals surface area contributed by atoms with Crippen LogP contribution in [0.15, 0.2) is 54.7 Å². The molecule has 0 atom stereocenters. The number of carbonyl (C=O) groups is 1. The van der Waals surface area contributed by atoms with Crippen LogP contribution in [0.2, 0.25) is 5.02 Å². The number of benzene rings is 2. The minimum absolute atomic E-state index is 0.212. The number of aromatic nitrogens is 3. The molecule has 0 spiro atoms. The molecule has 1 aliphatic heterocycles. The van der Waals surface area contributed by atoms with E-state index in [1.807, 2.05) is 24.3 Å². The van der Waals surface area contributed by atoms with E-state index in [1.54, 1.807) is 10.9 Å². The number of hydrogen-bond acceptors (Lipinski definition) is 4. The largest absolute Gasteiger partial charge is 0.370 e. The first kappa shape index (κ1) is 18.5. The van der Waals surface area contributed by atoms with Crippen LogP contribution >= 0.6 is 11.6 Å². The molecule has 0 aliphatic carbocycles. The van der Waals surface area contributed by atoms with Crippen molar-refractivity contribution in [1.29, 1.82) is 0 Å². The standard InChI is InChI=1S/C21H22ClN5O/c22-18-9-3-1-7-17(18)14-27-15-19(24-25-27)21(28)23-11-13-26-12-5-8-16-6-2-4-10-20(16)26/h1-4,6-7,9-10,15H,5,8,11-14H2,(H,23,28). The summed E-state index contributed by atoms with van der Waals surface area (Å²) in [7, 11) is 0. The normalized spacial score (nSPS) is 13.2. The maximum Gasteiger partial charge on any atom is 0.273 e. The van der Waals surface area contributed by atoms with E-state index in [2.05, 4.69) is 44.8 Å². The number of para-hydroxylation sites is 1. The first-order valence-corrected chi connectivity index (χ1v) is 9.83. The van der Waals surface area contributed by atoms with E-state index in [0.29, 0.717) is 23.8 Å². The second kappa shape index (κ2) is 8.44. The van der Waals surface area contributed by atoms with Gasteiger partial charge in [-0.3, -0.25) is 4.79 Å². The highest BCUT2D eigenvalue weighted by Crippen LogP contribution is 2.26. The molecule has 0 bridgehead atoms. The average Bonchev–Trinajstić information content (AvgIpc) is 3.19. The summed E-state index contributed by atoms with van der Waals surface area (Å²) >= 11 is 6.18. The molecule has 1 aliphatic rings. The zero-order valence-electron chi connectivity index (χ0n) is 15.5. The Bertz CT molecular complexity index is 971. The Morgan fingerprint density at radius 1 is 1.14 bits per heavy atom. The van der Waals surface area contributed by atoms with Gasteiger partial charge in [-0.05, 0) is 36.1 Å². The van der Waals surface area contributed by atoms with E-state index < -0.39 is 0 Å². The van der Waals surface area contributed by atoms with Crippen LogP contribution in [-0.2, 0) is 13.0 Å². The van der Waals surface area contributed by atoms with Crippen LogP contribution in [0, 0.1) is 0 Å². The Hall–Kier alpha value is -2.86. The highest BCUT2D eigenvalue weighted by molar-refractivity contribution is 6.31. The van der Waals surface area contributed by atoms with Gasteiger partial charge >= 0.3 is 0 Å². The molecular formula is C21H22ClN5O. The number of amides is 1. The molecule has 1 amide bonds. The number of carbonyl (C=O) groups excluding carboxylic acids is 1. The van der Waals surface area contributed by atoms with Crippen LogP contribution in [0.1, 0.15) is 28.0 Å². The molecule has 0 saturated heterocycles. The van der Waals surface area contributed by atoms with Crippen LogP contribution < -0.4 is 10.2 Å². The molecule has 4 rings (SSSR count). The molecule has 0 saturated carbocycles. The number of nitrogens with zero attached hydrogens (tertiary/aromatic N) is 4. The van der Waals surface area contributed by atoms with Crippen LogP contribution in [0.5, 0.6) is 0 Å². The first-order chi connectivity index (χ1) is 13.7. The third kappa shape index (κ3) is 4.17. The van der Waals surface area contributed by atoms with E-state index in [0.717, 1.165) is 31.5 Å². The van der Waals surface area contributed by atoms with Crippen molar-refractivity contribution in [2.75, 3.05) is 24.5 Å². The van der Waals surface area contributed by atoms with Crippen molar-refractivity contribution in [1.82, 2.24) is 20.3 Å².